The predicted octanol–water partition coefficient (Wildman–Crippen LogP) is 0.128. The summed E-state index contributed by atoms with van der Waals surface area (Å²) >= 11 is 4.16. The van der Waals surface area contributed by atoms with E-state index in [9.17, 15) is 24.3 Å². The summed E-state index contributed by atoms with van der Waals surface area (Å²) in [5, 5.41) is 18.4. The van der Waals surface area contributed by atoms with Crippen molar-refractivity contribution >= 4 is 47.2 Å². The van der Waals surface area contributed by atoms with Gasteiger partial charge in [-0.05, 0) is 17.5 Å². The number of benzene rings is 1. The zero-order valence-corrected chi connectivity index (χ0v) is 22.0. The summed E-state index contributed by atoms with van der Waals surface area (Å²) in [6.07, 6.45) is 4.66. The highest BCUT2D eigenvalue weighted by atomic mass is 32.1. The minimum atomic E-state index is -1.26. The Balaban J connectivity index is 1.75. The van der Waals surface area contributed by atoms with Crippen molar-refractivity contribution in [3.05, 3.63) is 54.2 Å². The Bertz CT molecular complexity index is 1260. The summed E-state index contributed by atoms with van der Waals surface area (Å²) in [5.41, 5.74) is 7.99. The van der Waals surface area contributed by atoms with E-state index < -0.39 is 47.9 Å². The maximum atomic E-state index is 13.3. The second-order valence-corrected chi connectivity index (χ2v) is 9.68. The van der Waals surface area contributed by atoms with Gasteiger partial charge in [-0.3, -0.25) is 14.4 Å². The summed E-state index contributed by atoms with van der Waals surface area (Å²) in [5.74, 6) is -3.30. The number of nitrogens with one attached hydrogen (secondary N) is 5. The molecule has 12 nitrogen and oxygen atoms in total. The third kappa shape index (κ3) is 7.35. The number of aromatic nitrogens is 3. The number of thiol groups is 1. The summed E-state index contributed by atoms with van der Waals surface area (Å²) < 4.78 is 0. The molecule has 0 aliphatic rings. The van der Waals surface area contributed by atoms with Crippen molar-refractivity contribution in [2.45, 2.75) is 50.9 Å². The van der Waals surface area contributed by atoms with E-state index in [0.717, 1.165) is 16.5 Å². The van der Waals surface area contributed by atoms with Crippen molar-refractivity contribution in [1.82, 2.24) is 30.9 Å². The number of nitrogens with zero attached hydrogens (tertiary/aromatic N) is 1. The smallest absolute Gasteiger partial charge is 0.326 e. The molecule has 2 aromatic heterocycles. The molecule has 3 rings (SSSR count). The van der Waals surface area contributed by atoms with Gasteiger partial charge in [-0.2, -0.15) is 12.6 Å². The largest absolute Gasteiger partial charge is 0.480 e. The third-order valence-corrected chi connectivity index (χ3v) is 6.53. The van der Waals surface area contributed by atoms with Gasteiger partial charge in [-0.25, -0.2) is 9.78 Å². The van der Waals surface area contributed by atoms with E-state index >= 15 is 0 Å². The van der Waals surface area contributed by atoms with Gasteiger partial charge in [0.2, 0.25) is 17.7 Å². The quantitative estimate of drug-likeness (QED) is 0.140. The lowest BCUT2D eigenvalue weighted by molar-refractivity contribution is -0.142. The van der Waals surface area contributed by atoms with Crippen LogP contribution in [0.5, 0.6) is 0 Å². The van der Waals surface area contributed by atoms with Gasteiger partial charge in [0.1, 0.15) is 18.1 Å². The highest BCUT2D eigenvalue weighted by molar-refractivity contribution is 7.80. The number of para-hydroxylation sites is 1. The lowest BCUT2D eigenvalue weighted by Gasteiger charge is -2.25. The van der Waals surface area contributed by atoms with Gasteiger partial charge in [-0.15, -0.1) is 0 Å². The molecule has 0 aliphatic carbocycles. The molecule has 13 heteroatoms. The van der Waals surface area contributed by atoms with Crippen molar-refractivity contribution < 1.29 is 24.3 Å². The first kappa shape index (κ1) is 28.7. The average molecular weight is 544 g/mol. The number of nitrogens with two attached hydrogens (primary N) is 1. The Kier molecular flexibility index (Phi) is 9.91. The number of carbonyl (C=O) groups is 4. The van der Waals surface area contributed by atoms with Crippen LogP contribution in [0.3, 0.4) is 0 Å². The van der Waals surface area contributed by atoms with Crippen LogP contribution in [0.2, 0.25) is 0 Å². The molecule has 3 amide bonds. The number of imidazole rings is 1. The Labute approximate surface area is 225 Å². The van der Waals surface area contributed by atoms with Crippen LogP contribution in [-0.4, -0.2) is 73.7 Å². The number of rotatable bonds is 13. The number of hydrogen-bond donors (Lipinski definition) is 8. The molecule has 2 heterocycles. The fraction of sp³-hybridized carbons (Fsp3) is 0.400. The second kappa shape index (κ2) is 13.1. The zero-order valence-electron chi connectivity index (χ0n) is 21.1. The molecule has 4 unspecified atom stereocenters. The van der Waals surface area contributed by atoms with E-state index in [4.69, 9.17) is 5.73 Å². The topological polar surface area (TPSA) is 195 Å². The summed E-state index contributed by atoms with van der Waals surface area (Å²) in [4.78, 5) is 60.6. The van der Waals surface area contributed by atoms with Crippen molar-refractivity contribution in [3.8, 4) is 0 Å². The number of carbonyl (C=O) groups excluding carboxylic acids is 3. The van der Waals surface area contributed by atoms with Gasteiger partial charge in [0.15, 0.2) is 0 Å². The molecular weight excluding hydrogens is 510 g/mol. The van der Waals surface area contributed by atoms with Gasteiger partial charge in [0.25, 0.3) is 0 Å². The van der Waals surface area contributed by atoms with Crippen LogP contribution in [0.1, 0.15) is 25.1 Å². The molecule has 0 spiro atoms. The van der Waals surface area contributed by atoms with Crippen molar-refractivity contribution in [2.24, 2.45) is 11.7 Å². The van der Waals surface area contributed by atoms with Crippen LogP contribution >= 0.6 is 12.6 Å². The van der Waals surface area contributed by atoms with E-state index in [0.29, 0.717) is 5.69 Å². The van der Waals surface area contributed by atoms with E-state index in [2.05, 4.69) is 43.5 Å². The predicted molar refractivity (Wildman–Crippen MR) is 144 cm³/mol. The number of carboxylic acids is 1. The zero-order chi connectivity index (χ0) is 27.8. The van der Waals surface area contributed by atoms with Crippen LogP contribution < -0.4 is 21.7 Å². The Morgan fingerprint density at radius 1 is 0.974 bits per heavy atom. The van der Waals surface area contributed by atoms with Crippen molar-refractivity contribution in [2.75, 3.05) is 5.75 Å². The molecule has 0 fully saturated rings. The molecular formula is C25H33N7O5S. The molecule has 0 saturated carbocycles. The van der Waals surface area contributed by atoms with Crippen LogP contribution in [0.4, 0.5) is 0 Å². The lowest BCUT2D eigenvalue weighted by atomic mass is 10.0. The van der Waals surface area contributed by atoms with Gasteiger partial charge in [0.05, 0.1) is 12.4 Å². The van der Waals surface area contributed by atoms with Crippen LogP contribution in [0.15, 0.2) is 43.0 Å². The molecule has 0 bridgehead atoms. The summed E-state index contributed by atoms with van der Waals surface area (Å²) in [6, 6.07) is 3.13. The fourth-order valence-electron chi connectivity index (χ4n) is 3.86. The molecule has 38 heavy (non-hydrogen) atoms. The van der Waals surface area contributed by atoms with Crippen molar-refractivity contribution in [1.29, 1.82) is 0 Å². The highest BCUT2D eigenvalue weighted by Gasteiger charge is 2.31. The van der Waals surface area contributed by atoms with Gasteiger partial charge >= 0.3 is 5.97 Å². The normalized spacial score (nSPS) is 14.4. The standard InChI is InChI=1S/C25H33N7O5S/c1-13(2)21(26)24(35)32-20(11-38)23(34)30-18(8-15-10-27-12-29-15)22(33)31-19(25(36)37)7-14-9-28-17-6-4-3-5-16(14)17/h3-6,9-10,12-13,18-21,28,38H,7-8,11,26H2,1-2H3,(H,27,29)(H,30,34)(H,31,33)(H,32,35)(H,36,37). The maximum absolute atomic E-state index is 13.3. The number of hydrogen-bond acceptors (Lipinski definition) is 7. The third-order valence-electron chi connectivity index (χ3n) is 6.16. The maximum Gasteiger partial charge on any atom is 0.326 e. The summed E-state index contributed by atoms with van der Waals surface area (Å²) in [6.45, 7) is 3.56. The number of carboxylic acid groups (broad SMARTS) is 1. The second-order valence-electron chi connectivity index (χ2n) is 9.32. The Hall–Kier alpha value is -3.84. The van der Waals surface area contributed by atoms with E-state index in [1.807, 2.05) is 24.3 Å². The minimum absolute atomic E-state index is 0.00967. The van der Waals surface area contributed by atoms with E-state index in [1.165, 1.54) is 12.5 Å². The van der Waals surface area contributed by atoms with E-state index in [-0.39, 0.29) is 24.5 Å². The molecule has 3 aromatic rings. The fourth-order valence-corrected chi connectivity index (χ4v) is 4.11. The SMILES string of the molecule is CC(C)C(N)C(=O)NC(CS)C(=O)NC(Cc1cnc[nH]1)C(=O)NC(Cc1c[nH]c2ccccc12)C(=O)O. The molecule has 8 N–H and O–H groups in total. The lowest BCUT2D eigenvalue weighted by Crippen LogP contribution is -2.58. The van der Waals surface area contributed by atoms with E-state index in [1.54, 1.807) is 20.0 Å². The number of fused-ring (bicyclic) bond motifs is 1. The van der Waals surface area contributed by atoms with Crippen LogP contribution in [0, 0.1) is 5.92 Å². The Morgan fingerprint density at radius 3 is 2.26 bits per heavy atom. The number of amides is 3. The highest BCUT2D eigenvalue weighted by Crippen LogP contribution is 2.19. The number of aromatic amines is 2. The summed E-state index contributed by atoms with van der Waals surface area (Å²) in [7, 11) is 0. The number of H-pyrrole nitrogens is 2. The first-order chi connectivity index (χ1) is 18.1. The Morgan fingerprint density at radius 2 is 1.63 bits per heavy atom. The van der Waals surface area contributed by atoms with Crippen LogP contribution in [0.25, 0.3) is 10.9 Å². The van der Waals surface area contributed by atoms with Gasteiger partial charge in [-0.1, -0.05) is 32.0 Å². The molecule has 0 radical (unpaired) electrons. The van der Waals surface area contributed by atoms with Crippen LogP contribution in [-0.2, 0) is 32.0 Å². The molecule has 4 atom stereocenters. The monoisotopic (exact) mass is 543 g/mol. The molecule has 204 valence electrons. The average Bonchev–Trinajstić information content (AvgIpc) is 3.55. The molecule has 1 aromatic carbocycles. The number of aliphatic carboxylic acids is 1. The first-order valence-corrected chi connectivity index (χ1v) is 12.8. The minimum Gasteiger partial charge on any atom is -0.480 e. The first-order valence-electron chi connectivity index (χ1n) is 12.1. The van der Waals surface area contributed by atoms with Gasteiger partial charge in [0, 0.05) is 47.6 Å². The molecule has 0 aliphatic heterocycles. The van der Waals surface area contributed by atoms with Crippen molar-refractivity contribution in [3.63, 3.8) is 0 Å². The molecule has 0 saturated heterocycles. The van der Waals surface area contributed by atoms with Gasteiger partial charge < -0.3 is 36.8 Å².